The topological polar surface area (TPSA) is 48.6 Å². The van der Waals surface area contributed by atoms with Gasteiger partial charge in [-0.05, 0) is 180 Å². The normalized spacial score (nSPS) is 12.3. The maximum absolute atomic E-state index is 6.26. The highest BCUT2D eigenvalue weighted by atomic mass is 32.1. The molecule has 0 unspecified atom stereocenters. The molecule has 0 bridgehead atoms. The number of nitrogens with zero attached hydrogens (tertiary/aromatic N) is 4. The van der Waals surface area contributed by atoms with Crippen LogP contribution in [0.1, 0.15) is 0 Å². The van der Waals surface area contributed by atoms with Crippen molar-refractivity contribution in [3.63, 3.8) is 0 Å². The van der Waals surface area contributed by atoms with Gasteiger partial charge in [-0.2, -0.15) is 0 Å². The Labute approximate surface area is 845 Å². The quantitative estimate of drug-likeness (QED) is 0.170. The molecule has 0 aliphatic rings. The number of hydrogen-bond acceptors (Lipinski definition) is 7. The third-order valence-electron chi connectivity index (χ3n) is 30.3. The first-order chi connectivity index (χ1) is 71.4. The molecule has 22 aromatic carbocycles. The second-order valence-electron chi connectivity index (χ2n) is 37.8. The minimum atomic E-state index is 0.928. The summed E-state index contributed by atoms with van der Waals surface area (Å²) in [6.07, 6.45) is 0. The van der Waals surface area contributed by atoms with Crippen molar-refractivity contribution < 1.29 is 4.42 Å². The van der Waals surface area contributed by atoms with Gasteiger partial charge in [-0.25, -0.2) is 0 Å². The summed E-state index contributed by atoms with van der Waals surface area (Å²) < 4.78 is 32.1. The molecule has 12 aromatic heterocycles. The van der Waals surface area contributed by atoms with Crippen molar-refractivity contribution in [2.45, 2.75) is 0 Å². The van der Waals surface area contributed by atoms with Gasteiger partial charge in [0.25, 0.3) is 0 Å². The fraction of sp³-hybridized carbons (Fsp3) is 0. The van der Waals surface area contributed by atoms with Crippen molar-refractivity contribution in [1.29, 1.82) is 0 Å². The van der Waals surface area contributed by atoms with Gasteiger partial charge in [0.05, 0.1) is 49.7 Å². The van der Waals surface area contributed by atoms with Crippen LogP contribution in [-0.4, -0.2) is 23.3 Å². The smallest absolute Gasteiger partial charge is 0.136 e. The summed E-state index contributed by atoms with van der Waals surface area (Å²) in [6.45, 7) is 0. The second kappa shape index (κ2) is 31.2. The summed E-state index contributed by atoms with van der Waals surface area (Å²) in [5, 5.41) is 31.0. The van der Waals surface area contributed by atoms with Crippen LogP contribution >= 0.6 is 68.0 Å². The number of nitrogens with one attached hydrogen (secondary N) is 1. The van der Waals surface area contributed by atoms with E-state index in [0.717, 1.165) is 33.4 Å². The lowest BCUT2D eigenvalue weighted by atomic mass is 9.97. The number of furan rings is 1. The van der Waals surface area contributed by atoms with Crippen molar-refractivity contribution in [2.24, 2.45) is 0 Å². The zero-order valence-corrected chi connectivity index (χ0v) is 81.8. The average Bonchev–Trinajstić information content (AvgIpc) is 1.57. The van der Waals surface area contributed by atoms with Crippen molar-refractivity contribution >= 4 is 320 Å². The van der Waals surface area contributed by atoms with Crippen LogP contribution in [0.3, 0.4) is 0 Å². The van der Waals surface area contributed by atoms with E-state index >= 15 is 0 Å². The predicted molar refractivity (Wildman–Crippen MR) is 627 cm³/mol. The van der Waals surface area contributed by atoms with E-state index in [4.69, 9.17) is 4.42 Å². The molecule has 0 fully saturated rings. The number of benzene rings is 22. The number of rotatable bonds is 7. The summed E-state index contributed by atoms with van der Waals surface area (Å²) in [5.74, 6) is 0. The molecular weight excluding hydrogens is 1860 g/mol. The van der Waals surface area contributed by atoms with Gasteiger partial charge in [0.2, 0.25) is 0 Å². The van der Waals surface area contributed by atoms with Crippen LogP contribution in [0.15, 0.2) is 453 Å². The van der Waals surface area contributed by atoms with Gasteiger partial charge in [0.1, 0.15) is 11.2 Å². The summed E-state index contributed by atoms with van der Waals surface area (Å²) in [5.41, 5.74) is 26.3. The molecule has 6 nitrogen and oxygen atoms in total. The SMILES string of the molecule is c1ccc(-n2c3ccccc3c3ccc4c5ccccc5n(-c5ccc6[nH]c7c(-c8cccc9sc%10ccccc%10c89)cccc7c6c5)c4c32)cc1.c1ccc2c(c1)oc1cccc(-c3cccc4c3sc3ccc(-n5c6ccccc6c6c7c(ccc65)sc5ccccc57)cc34)c12.c1ccc2c(c1)sc1cc3c(cc12)c1ccccc1n3-c1ccc2sc3c(-c4cccc5sc6ccccc6c45)cccc3c2c1. The molecular formula is C132H75N5OS6. The standard InChI is InChI=1S/C48H29N3S.C42H23NOS2.C42H23NS3/c1-2-12-29(13-3-1)50-41-20-7-4-14-31(41)36-25-26-37-32-15-5-8-21-42(32)51(48(37)47(36)50)30-24-27-40-39(28-30)35-19-10-18-34(46(35)49-40)33-17-11-23-44-45(33)38-16-6-9-22-43(38)52-44;1-4-15-32-28(9-1)40-33(20-22-38-41(40)30-11-3-6-18-36(30)45-38)43(32)24-19-21-37-31(23-24)27-14-7-13-26(42(27)46-37)25-12-8-17-35-39(25)29-10-2-5-16-34(29)44-35;1-4-15-34-25(9-1)31-22-33-26-10-2-5-16-36(26)45-40(33)23-35(31)43(34)24-19-20-38-32(21-24)29-14-7-13-28(42(29)46-38)27-12-8-18-39-41(27)30-11-3-6-17-37(30)44-39/h1-28,49H;2*1-23H. The van der Waals surface area contributed by atoms with Gasteiger partial charge in [0.15, 0.2) is 0 Å². The molecule has 0 radical (unpaired) electrons. The Kier molecular flexibility index (Phi) is 17.5. The molecule has 0 spiro atoms. The van der Waals surface area contributed by atoms with Crippen LogP contribution in [0.25, 0.3) is 308 Å². The highest BCUT2D eigenvalue weighted by Crippen LogP contribution is 2.54. The molecule has 670 valence electrons. The molecule has 1 N–H and O–H groups in total. The first kappa shape index (κ1) is 80.7. The van der Waals surface area contributed by atoms with E-state index in [0.29, 0.717) is 0 Å². The van der Waals surface area contributed by atoms with Gasteiger partial charge < -0.3 is 27.7 Å². The number of fused-ring (bicyclic) bond motifs is 38. The molecule has 34 rings (SSSR count). The largest absolute Gasteiger partial charge is 0.456 e. The number of hydrogen-bond donors (Lipinski definition) is 1. The van der Waals surface area contributed by atoms with E-state index in [-0.39, 0.29) is 0 Å². The molecule has 12 heterocycles. The Bertz CT molecular complexity index is 11500. The Morgan fingerprint density at radius 2 is 0.549 bits per heavy atom. The summed E-state index contributed by atoms with van der Waals surface area (Å²) in [7, 11) is 0. The van der Waals surface area contributed by atoms with E-state index in [2.05, 4.69) is 466 Å². The van der Waals surface area contributed by atoms with Crippen molar-refractivity contribution in [3.8, 4) is 56.1 Å². The van der Waals surface area contributed by atoms with Crippen LogP contribution in [0.4, 0.5) is 0 Å². The molecule has 0 saturated carbocycles. The van der Waals surface area contributed by atoms with Crippen molar-refractivity contribution in [3.05, 3.63) is 449 Å². The zero-order valence-electron chi connectivity index (χ0n) is 76.9. The number of para-hydroxylation sites is 7. The maximum atomic E-state index is 6.26. The van der Waals surface area contributed by atoms with E-state index in [9.17, 15) is 0 Å². The van der Waals surface area contributed by atoms with E-state index in [1.807, 2.05) is 74.1 Å². The maximum Gasteiger partial charge on any atom is 0.136 e. The van der Waals surface area contributed by atoms with Crippen LogP contribution in [0, 0.1) is 0 Å². The number of thiophene rings is 6. The first-order valence-electron chi connectivity index (χ1n) is 48.8. The second-order valence-corrected chi connectivity index (χ2v) is 44.3. The van der Waals surface area contributed by atoms with Gasteiger partial charge >= 0.3 is 0 Å². The van der Waals surface area contributed by atoms with Crippen molar-refractivity contribution in [2.75, 3.05) is 0 Å². The summed E-state index contributed by atoms with van der Waals surface area (Å²) in [6, 6.07) is 165. The monoisotopic (exact) mass is 1940 g/mol. The minimum absolute atomic E-state index is 0.928. The van der Waals surface area contributed by atoms with E-state index in [1.165, 1.54) is 275 Å². The van der Waals surface area contributed by atoms with Crippen LogP contribution in [-0.2, 0) is 0 Å². The lowest BCUT2D eigenvalue weighted by Gasteiger charge is -2.12. The lowest BCUT2D eigenvalue weighted by molar-refractivity contribution is 0.669. The van der Waals surface area contributed by atoms with Gasteiger partial charge in [0, 0.05) is 231 Å². The Balaban J connectivity index is 0.0000000969. The molecule has 0 aliphatic carbocycles. The molecule has 0 amide bonds. The zero-order chi connectivity index (χ0) is 93.8. The van der Waals surface area contributed by atoms with Gasteiger partial charge in [-0.3, -0.25) is 0 Å². The number of aromatic amines is 1. The first-order valence-corrected chi connectivity index (χ1v) is 53.7. The Hall–Kier alpha value is -17.0. The van der Waals surface area contributed by atoms with Crippen LogP contribution < -0.4 is 0 Å². The minimum Gasteiger partial charge on any atom is -0.456 e. The van der Waals surface area contributed by atoms with Gasteiger partial charge in [-0.1, -0.05) is 285 Å². The predicted octanol–water partition coefficient (Wildman–Crippen LogP) is 40.2. The van der Waals surface area contributed by atoms with Crippen LogP contribution in [0.5, 0.6) is 0 Å². The summed E-state index contributed by atoms with van der Waals surface area (Å²) in [4.78, 5) is 3.86. The molecule has 0 saturated heterocycles. The van der Waals surface area contributed by atoms with Gasteiger partial charge in [-0.15, -0.1) is 68.0 Å². The Morgan fingerprint density at radius 1 is 0.167 bits per heavy atom. The molecule has 0 atom stereocenters. The highest BCUT2D eigenvalue weighted by Gasteiger charge is 2.28. The molecule has 144 heavy (non-hydrogen) atoms. The summed E-state index contributed by atoms with van der Waals surface area (Å²) >= 11 is 11.3. The molecule has 34 aromatic rings. The molecule has 0 aliphatic heterocycles. The van der Waals surface area contributed by atoms with E-state index in [1.54, 1.807) is 0 Å². The average molecular weight is 1940 g/mol. The third-order valence-corrected chi connectivity index (χ3v) is 37.2. The fourth-order valence-electron chi connectivity index (χ4n) is 24.2. The highest BCUT2D eigenvalue weighted by molar-refractivity contribution is 7.28. The fourth-order valence-corrected chi connectivity index (χ4v) is 31.1. The lowest BCUT2D eigenvalue weighted by Crippen LogP contribution is -1.98. The van der Waals surface area contributed by atoms with E-state index < -0.39 is 0 Å². The Morgan fingerprint density at radius 3 is 1.16 bits per heavy atom. The third kappa shape index (κ3) is 11.8. The number of aromatic nitrogens is 5. The number of H-pyrrole nitrogens is 1. The molecule has 12 heteroatoms. The van der Waals surface area contributed by atoms with Crippen LogP contribution in [0.2, 0.25) is 0 Å². The van der Waals surface area contributed by atoms with Crippen molar-refractivity contribution in [1.82, 2.24) is 23.3 Å².